The van der Waals surface area contributed by atoms with Gasteiger partial charge in [-0.05, 0) is 31.0 Å². The van der Waals surface area contributed by atoms with Gasteiger partial charge in [0.05, 0.1) is 12.7 Å². The van der Waals surface area contributed by atoms with E-state index in [9.17, 15) is 4.79 Å². The molecule has 1 aliphatic heterocycles. The number of methoxy groups -OCH3 is 1. The van der Waals surface area contributed by atoms with Crippen LogP contribution in [0.25, 0.3) is 0 Å². The number of carboxylic acid groups (broad SMARTS) is 1. The van der Waals surface area contributed by atoms with E-state index in [4.69, 9.17) is 14.6 Å². The lowest BCUT2D eigenvalue weighted by Gasteiger charge is -2.21. The molecular weight excluding hydrogens is 264 g/mol. The predicted octanol–water partition coefficient (Wildman–Crippen LogP) is 2.81. The average molecular weight is 282 g/mol. The third kappa shape index (κ3) is 3.88. The molecule has 2 rings (SSSR count). The standard InChI is InChI=1S/C14H18O4S/c1-17-13-3-2-10(14(15)16)8-11(13)9-19-12-4-6-18-7-5-12/h2-3,8,12H,4-7,9H2,1H3,(H,15,16). The predicted molar refractivity (Wildman–Crippen MR) is 75.1 cm³/mol. The minimum absolute atomic E-state index is 0.309. The highest BCUT2D eigenvalue weighted by molar-refractivity contribution is 7.99. The molecule has 0 aliphatic carbocycles. The van der Waals surface area contributed by atoms with Crippen LogP contribution in [0.2, 0.25) is 0 Å². The summed E-state index contributed by atoms with van der Waals surface area (Å²) < 4.78 is 10.6. The molecule has 1 heterocycles. The largest absolute Gasteiger partial charge is 0.496 e. The van der Waals surface area contributed by atoms with E-state index >= 15 is 0 Å². The lowest BCUT2D eigenvalue weighted by molar-refractivity contribution is 0.0696. The number of hydrogen-bond acceptors (Lipinski definition) is 4. The normalized spacial score (nSPS) is 16.3. The summed E-state index contributed by atoms with van der Waals surface area (Å²) in [5.41, 5.74) is 1.25. The van der Waals surface area contributed by atoms with Crippen LogP contribution in [-0.2, 0) is 10.5 Å². The topological polar surface area (TPSA) is 55.8 Å². The number of aromatic carboxylic acids is 1. The molecule has 0 spiro atoms. The molecule has 19 heavy (non-hydrogen) atoms. The minimum Gasteiger partial charge on any atom is -0.496 e. The van der Waals surface area contributed by atoms with Crippen molar-refractivity contribution in [2.75, 3.05) is 20.3 Å². The molecular formula is C14H18O4S. The molecule has 0 unspecified atom stereocenters. The van der Waals surface area contributed by atoms with Gasteiger partial charge >= 0.3 is 5.97 Å². The van der Waals surface area contributed by atoms with Gasteiger partial charge in [0.15, 0.2) is 0 Å². The van der Waals surface area contributed by atoms with E-state index in [1.165, 1.54) is 0 Å². The Morgan fingerprint density at radius 1 is 1.47 bits per heavy atom. The first-order chi connectivity index (χ1) is 9.20. The Labute approximate surface area is 117 Å². The van der Waals surface area contributed by atoms with E-state index in [0.717, 1.165) is 43.1 Å². The number of ether oxygens (including phenoxy) is 2. The number of thioether (sulfide) groups is 1. The smallest absolute Gasteiger partial charge is 0.335 e. The van der Waals surface area contributed by atoms with Crippen LogP contribution in [0.4, 0.5) is 0 Å². The first-order valence-corrected chi connectivity index (χ1v) is 7.35. The van der Waals surface area contributed by atoms with Gasteiger partial charge in [-0.1, -0.05) is 0 Å². The first-order valence-electron chi connectivity index (χ1n) is 6.30. The van der Waals surface area contributed by atoms with E-state index < -0.39 is 5.97 Å². The summed E-state index contributed by atoms with van der Waals surface area (Å²) in [5, 5.41) is 9.62. The summed E-state index contributed by atoms with van der Waals surface area (Å²) in [6.45, 7) is 1.65. The van der Waals surface area contributed by atoms with Crippen LogP contribution < -0.4 is 4.74 Å². The number of benzene rings is 1. The highest BCUT2D eigenvalue weighted by Gasteiger charge is 2.16. The molecule has 0 atom stereocenters. The third-order valence-corrected chi connectivity index (χ3v) is 4.59. The van der Waals surface area contributed by atoms with Gasteiger partial charge in [0, 0.05) is 29.8 Å². The quantitative estimate of drug-likeness (QED) is 0.900. The Hall–Kier alpha value is -1.20. The second-order valence-corrected chi connectivity index (χ2v) is 5.74. The van der Waals surface area contributed by atoms with Crippen LogP contribution in [0, 0.1) is 0 Å². The molecule has 0 radical (unpaired) electrons. The van der Waals surface area contributed by atoms with E-state index in [1.54, 1.807) is 25.3 Å². The van der Waals surface area contributed by atoms with Crippen molar-refractivity contribution < 1.29 is 19.4 Å². The maximum absolute atomic E-state index is 11.0. The lowest BCUT2D eigenvalue weighted by atomic mass is 10.1. The molecule has 0 amide bonds. The Kier molecular flexibility index (Phi) is 5.10. The average Bonchev–Trinajstić information content (AvgIpc) is 2.45. The van der Waals surface area contributed by atoms with Gasteiger partial charge in [0.25, 0.3) is 0 Å². The van der Waals surface area contributed by atoms with Gasteiger partial charge in [0.2, 0.25) is 0 Å². The zero-order valence-electron chi connectivity index (χ0n) is 10.9. The molecule has 104 valence electrons. The Balaban J connectivity index is 2.04. The van der Waals surface area contributed by atoms with Crippen LogP contribution in [0.1, 0.15) is 28.8 Å². The molecule has 1 aromatic carbocycles. The molecule has 1 aliphatic rings. The van der Waals surface area contributed by atoms with Gasteiger partial charge in [-0.3, -0.25) is 0 Å². The van der Waals surface area contributed by atoms with Crippen molar-refractivity contribution >= 4 is 17.7 Å². The fourth-order valence-electron chi connectivity index (χ4n) is 2.07. The molecule has 1 aromatic rings. The second kappa shape index (κ2) is 6.82. The number of rotatable bonds is 5. The molecule has 0 aromatic heterocycles. The summed E-state index contributed by atoms with van der Waals surface area (Å²) in [7, 11) is 1.61. The van der Waals surface area contributed by atoms with Gasteiger partial charge in [-0.2, -0.15) is 11.8 Å². The maximum atomic E-state index is 11.0. The van der Waals surface area contributed by atoms with Crippen LogP contribution in [0.15, 0.2) is 18.2 Å². The van der Waals surface area contributed by atoms with Gasteiger partial charge in [-0.25, -0.2) is 4.79 Å². The molecule has 1 saturated heterocycles. The maximum Gasteiger partial charge on any atom is 0.335 e. The van der Waals surface area contributed by atoms with Crippen LogP contribution in [0.3, 0.4) is 0 Å². The van der Waals surface area contributed by atoms with Gasteiger partial charge < -0.3 is 14.6 Å². The van der Waals surface area contributed by atoms with Crippen molar-refractivity contribution in [2.24, 2.45) is 0 Å². The highest BCUT2D eigenvalue weighted by Crippen LogP contribution is 2.30. The molecule has 5 heteroatoms. The summed E-state index contributed by atoms with van der Waals surface area (Å²) in [6.07, 6.45) is 2.12. The van der Waals surface area contributed by atoms with Gasteiger partial charge in [0.1, 0.15) is 5.75 Å². The highest BCUT2D eigenvalue weighted by atomic mass is 32.2. The van der Waals surface area contributed by atoms with Crippen molar-refractivity contribution in [3.63, 3.8) is 0 Å². The van der Waals surface area contributed by atoms with E-state index in [1.807, 2.05) is 11.8 Å². The van der Waals surface area contributed by atoms with Crippen LogP contribution in [0.5, 0.6) is 5.75 Å². The molecule has 1 N–H and O–H groups in total. The zero-order valence-corrected chi connectivity index (χ0v) is 11.7. The molecule has 4 nitrogen and oxygen atoms in total. The molecule has 0 saturated carbocycles. The third-order valence-electron chi connectivity index (χ3n) is 3.17. The van der Waals surface area contributed by atoms with E-state index in [-0.39, 0.29) is 0 Å². The van der Waals surface area contributed by atoms with Crippen molar-refractivity contribution in [1.29, 1.82) is 0 Å². The van der Waals surface area contributed by atoms with E-state index in [2.05, 4.69) is 0 Å². The number of carboxylic acids is 1. The Morgan fingerprint density at radius 2 is 2.21 bits per heavy atom. The summed E-state index contributed by atoms with van der Waals surface area (Å²) in [4.78, 5) is 11.0. The Morgan fingerprint density at radius 3 is 2.84 bits per heavy atom. The molecule has 0 bridgehead atoms. The van der Waals surface area contributed by atoms with Crippen LogP contribution >= 0.6 is 11.8 Å². The van der Waals surface area contributed by atoms with Crippen molar-refractivity contribution in [1.82, 2.24) is 0 Å². The van der Waals surface area contributed by atoms with E-state index in [0.29, 0.717) is 10.8 Å². The SMILES string of the molecule is COc1ccc(C(=O)O)cc1CSC1CCOCC1. The summed E-state index contributed by atoms with van der Waals surface area (Å²) in [5.74, 6) is 0.624. The fourth-order valence-corrected chi connectivity index (χ4v) is 3.24. The van der Waals surface area contributed by atoms with Crippen molar-refractivity contribution in [2.45, 2.75) is 23.8 Å². The Bertz CT molecular complexity index is 441. The number of carbonyl (C=O) groups is 1. The monoisotopic (exact) mass is 282 g/mol. The van der Waals surface area contributed by atoms with Crippen molar-refractivity contribution in [3.8, 4) is 5.75 Å². The first kappa shape index (κ1) is 14.2. The molecule has 1 fully saturated rings. The van der Waals surface area contributed by atoms with Crippen LogP contribution in [-0.4, -0.2) is 36.6 Å². The fraction of sp³-hybridized carbons (Fsp3) is 0.500. The number of hydrogen-bond donors (Lipinski definition) is 1. The second-order valence-electron chi connectivity index (χ2n) is 4.45. The zero-order chi connectivity index (χ0) is 13.7. The minimum atomic E-state index is -0.903. The van der Waals surface area contributed by atoms with Crippen molar-refractivity contribution in [3.05, 3.63) is 29.3 Å². The lowest BCUT2D eigenvalue weighted by Crippen LogP contribution is -2.17. The summed E-state index contributed by atoms with van der Waals surface area (Å²) >= 11 is 1.85. The summed E-state index contributed by atoms with van der Waals surface area (Å²) in [6, 6.07) is 5.00. The van der Waals surface area contributed by atoms with Gasteiger partial charge in [-0.15, -0.1) is 0 Å².